The fourth-order valence-corrected chi connectivity index (χ4v) is 2.27. The molecule has 4 heteroatoms. The van der Waals surface area contributed by atoms with Crippen molar-refractivity contribution >= 4 is 22.1 Å². The van der Waals surface area contributed by atoms with E-state index in [-0.39, 0.29) is 0 Å². The molecule has 0 radical (unpaired) electrons. The molecule has 0 unspecified atom stereocenters. The Kier molecular flexibility index (Phi) is 2.83. The van der Waals surface area contributed by atoms with Gasteiger partial charge in [0.25, 0.3) is 0 Å². The molecular formula is C15H15N3O. The first-order chi connectivity index (χ1) is 9.25. The van der Waals surface area contributed by atoms with Crippen LogP contribution in [0.1, 0.15) is 5.56 Å². The lowest BCUT2D eigenvalue weighted by molar-refractivity contribution is 0.563. The van der Waals surface area contributed by atoms with E-state index in [0.717, 1.165) is 34.3 Å². The van der Waals surface area contributed by atoms with Crippen molar-refractivity contribution in [3.05, 3.63) is 54.7 Å². The fraction of sp³-hybridized carbons (Fsp3) is 0.133. The van der Waals surface area contributed by atoms with E-state index >= 15 is 0 Å². The Hall–Kier alpha value is -2.49. The van der Waals surface area contributed by atoms with Gasteiger partial charge in [-0.15, -0.1) is 0 Å². The Labute approximate surface area is 111 Å². The van der Waals surface area contributed by atoms with E-state index in [9.17, 15) is 0 Å². The molecule has 0 aliphatic rings. The normalized spacial score (nSPS) is 10.8. The number of aromatic nitrogens is 1. The number of hydrogen-bond acceptors (Lipinski definition) is 4. The standard InChI is InChI=1S/C15H15N3O/c1-18(9-11-5-7-19-10-11)15-3-2-14(16)12-4-6-17-8-13(12)15/h2-8,10H,9,16H2,1H3. The Morgan fingerprint density at radius 2 is 2.11 bits per heavy atom. The van der Waals surface area contributed by atoms with Gasteiger partial charge < -0.3 is 15.1 Å². The number of hydrogen-bond donors (Lipinski definition) is 1. The zero-order valence-electron chi connectivity index (χ0n) is 10.7. The molecule has 2 heterocycles. The van der Waals surface area contributed by atoms with Crippen molar-refractivity contribution in [2.45, 2.75) is 6.54 Å². The third kappa shape index (κ3) is 2.12. The first kappa shape index (κ1) is 11.6. The molecule has 0 bridgehead atoms. The topological polar surface area (TPSA) is 55.3 Å². The van der Waals surface area contributed by atoms with Gasteiger partial charge in [0.2, 0.25) is 0 Å². The molecule has 3 aromatic rings. The monoisotopic (exact) mass is 253 g/mol. The highest BCUT2D eigenvalue weighted by Gasteiger charge is 2.09. The van der Waals surface area contributed by atoms with Crippen LogP contribution in [0.25, 0.3) is 10.8 Å². The largest absolute Gasteiger partial charge is 0.472 e. The van der Waals surface area contributed by atoms with Gasteiger partial charge in [0.1, 0.15) is 0 Å². The number of nitrogens with two attached hydrogens (primary N) is 1. The average Bonchev–Trinajstić information content (AvgIpc) is 2.92. The lowest BCUT2D eigenvalue weighted by atomic mass is 10.1. The molecule has 0 saturated carbocycles. The van der Waals surface area contributed by atoms with Crippen molar-refractivity contribution in [3.8, 4) is 0 Å². The van der Waals surface area contributed by atoms with Crippen LogP contribution in [0.3, 0.4) is 0 Å². The highest BCUT2D eigenvalue weighted by atomic mass is 16.3. The second kappa shape index (κ2) is 4.65. The number of fused-ring (bicyclic) bond motifs is 1. The highest BCUT2D eigenvalue weighted by Crippen LogP contribution is 2.30. The number of pyridine rings is 1. The van der Waals surface area contributed by atoms with Gasteiger partial charge in [-0.25, -0.2) is 0 Å². The maximum absolute atomic E-state index is 6.00. The van der Waals surface area contributed by atoms with Crippen molar-refractivity contribution in [1.29, 1.82) is 0 Å². The van der Waals surface area contributed by atoms with Gasteiger partial charge >= 0.3 is 0 Å². The van der Waals surface area contributed by atoms with E-state index in [4.69, 9.17) is 10.2 Å². The molecule has 0 amide bonds. The van der Waals surface area contributed by atoms with E-state index in [0.29, 0.717) is 0 Å². The van der Waals surface area contributed by atoms with Crippen molar-refractivity contribution in [2.75, 3.05) is 17.7 Å². The van der Waals surface area contributed by atoms with Gasteiger partial charge in [0.15, 0.2) is 0 Å². The van der Waals surface area contributed by atoms with Gasteiger partial charge in [-0.1, -0.05) is 0 Å². The number of rotatable bonds is 3. The van der Waals surface area contributed by atoms with Crippen molar-refractivity contribution in [2.24, 2.45) is 0 Å². The molecular weight excluding hydrogens is 238 g/mol. The second-order valence-electron chi connectivity index (χ2n) is 4.58. The molecule has 1 aromatic carbocycles. The third-order valence-electron chi connectivity index (χ3n) is 3.24. The number of nitrogens with zero attached hydrogens (tertiary/aromatic N) is 2. The van der Waals surface area contributed by atoms with E-state index in [2.05, 4.69) is 9.88 Å². The minimum absolute atomic E-state index is 0.776. The summed E-state index contributed by atoms with van der Waals surface area (Å²) in [5, 5.41) is 2.10. The summed E-state index contributed by atoms with van der Waals surface area (Å²) in [4.78, 5) is 6.35. The van der Waals surface area contributed by atoms with Crippen LogP contribution in [-0.4, -0.2) is 12.0 Å². The minimum atomic E-state index is 0.776. The van der Waals surface area contributed by atoms with Gasteiger partial charge in [-0.2, -0.15) is 0 Å². The van der Waals surface area contributed by atoms with E-state index in [1.54, 1.807) is 18.7 Å². The summed E-state index contributed by atoms with van der Waals surface area (Å²) in [7, 11) is 2.05. The third-order valence-corrected chi connectivity index (χ3v) is 3.24. The van der Waals surface area contributed by atoms with Crippen molar-refractivity contribution in [3.63, 3.8) is 0 Å². The predicted octanol–water partition coefficient (Wildman–Crippen LogP) is 3.05. The summed E-state index contributed by atoms with van der Waals surface area (Å²) in [5.41, 5.74) is 9.02. The summed E-state index contributed by atoms with van der Waals surface area (Å²) < 4.78 is 5.10. The Bertz CT molecular complexity index is 692. The van der Waals surface area contributed by atoms with Crippen LogP contribution in [-0.2, 0) is 6.54 Å². The number of furan rings is 1. The molecule has 2 aromatic heterocycles. The molecule has 0 atom stereocenters. The van der Waals surface area contributed by atoms with Crippen LogP contribution in [0.4, 0.5) is 11.4 Å². The SMILES string of the molecule is CN(Cc1ccoc1)c1ccc(N)c2ccncc12. The first-order valence-electron chi connectivity index (χ1n) is 6.10. The van der Waals surface area contributed by atoms with E-state index in [1.165, 1.54) is 0 Å². The number of nitrogen functional groups attached to an aromatic ring is 1. The summed E-state index contributed by atoms with van der Waals surface area (Å²) in [6.07, 6.45) is 7.06. The van der Waals surface area contributed by atoms with Crippen LogP contribution >= 0.6 is 0 Å². The zero-order chi connectivity index (χ0) is 13.2. The molecule has 0 aliphatic carbocycles. The quantitative estimate of drug-likeness (QED) is 0.729. The highest BCUT2D eigenvalue weighted by molar-refractivity contribution is 6.00. The molecule has 96 valence electrons. The summed E-state index contributed by atoms with van der Waals surface area (Å²) in [6, 6.07) is 7.87. The van der Waals surface area contributed by atoms with Crippen LogP contribution in [0.15, 0.2) is 53.6 Å². The summed E-state index contributed by atoms with van der Waals surface area (Å²) in [6.45, 7) is 0.782. The molecule has 2 N–H and O–H groups in total. The Morgan fingerprint density at radius 1 is 1.21 bits per heavy atom. The smallest absolute Gasteiger partial charge is 0.0952 e. The summed E-state index contributed by atoms with van der Waals surface area (Å²) >= 11 is 0. The average molecular weight is 253 g/mol. The zero-order valence-corrected chi connectivity index (χ0v) is 10.7. The van der Waals surface area contributed by atoms with Gasteiger partial charge in [0, 0.05) is 53.7 Å². The lowest BCUT2D eigenvalue weighted by Gasteiger charge is -2.20. The fourth-order valence-electron chi connectivity index (χ4n) is 2.27. The lowest BCUT2D eigenvalue weighted by Crippen LogP contribution is -2.16. The molecule has 0 spiro atoms. The maximum atomic E-state index is 6.00. The van der Waals surface area contributed by atoms with Crippen molar-refractivity contribution < 1.29 is 4.42 Å². The van der Waals surface area contributed by atoms with Crippen LogP contribution in [0, 0.1) is 0 Å². The van der Waals surface area contributed by atoms with E-state index < -0.39 is 0 Å². The van der Waals surface area contributed by atoms with E-state index in [1.807, 2.05) is 37.5 Å². The second-order valence-corrected chi connectivity index (χ2v) is 4.58. The van der Waals surface area contributed by atoms with Gasteiger partial charge in [-0.3, -0.25) is 4.98 Å². The van der Waals surface area contributed by atoms with Crippen molar-refractivity contribution in [1.82, 2.24) is 4.98 Å². The molecule has 19 heavy (non-hydrogen) atoms. The maximum Gasteiger partial charge on any atom is 0.0952 e. The predicted molar refractivity (Wildman–Crippen MR) is 77.0 cm³/mol. The number of benzene rings is 1. The number of anilines is 2. The van der Waals surface area contributed by atoms with Crippen LogP contribution in [0.5, 0.6) is 0 Å². The van der Waals surface area contributed by atoms with Crippen LogP contribution in [0.2, 0.25) is 0 Å². The molecule has 0 fully saturated rings. The Balaban J connectivity index is 2.03. The molecule has 0 aliphatic heterocycles. The first-order valence-corrected chi connectivity index (χ1v) is 6.10. The Morgan fingerprint density at radius 3 is 2.89 bits per heavy atom. The minimum Gasteiger partial charge on any atom is -0.472 e. The molecule has 0 saturated heterocycles. The van der Waals surface area contributed by atoms with Crippen LogP contribution < -0.4 is 10.6 Å². The van der Waals surface area contributed by atoms with Gasteiger partial charge in [-0.05, 0) is 24.3 Å². The molecule has 4 nitrogen and oxygen atoms in total. The molecule has 3 rings (SSSR count). The summed E-state index contributed by atoms with van der Waals surface area (Å²) in [5.74, 6) is 0. The van der Waals surface area contributed by atoms with Gasteiger partial charge in [0.05, 0.1) is 12.5 Å².